The molecule has 1 aromatic heterocycles. The molecule has 11 heteroatoms. The largest absolute Gasteiger partial charge is 0.502 e. The van der Waals surface area contributed by atoms with Crippen LogP contribution in [0.25, 0.3) is 0 Å². The second-order valence-electron chi connectivity index (χ2n) is 12.0. The molecule has 0 spiro atoms. The van der Waals surface area contributed by atoms with Crippen molar-refractivity contribution < 1.29 is 28.2 Å². The van der Waals surface area contributed by atoms with E-state index in [1.54, 1.807) is 11.0 Å². The van der Waals surface area contributed by atoms with Gasteiger partial charge in [0.2, 0.25) is 5.43 Å². The summed E-state index contributed by atoms with van der Waals surface area (Å²) < 4.78 is 44.3. The molecule has 7 rings (SSSR count). The fourth-order valence-electron chi connectivity index (χ4n) is 6.68. The van der Waals surface area contributed by atoms with Gasteiger partial charge in [0, 0.05) is 36.5 Å². The number of halogens is 2. The summed E-state index contributed by atoms with van der Waals surface area (Å²) in [7, 11) is 0. The van der Waals surface area contributed by atoms with Crippen molar-refractivity contribution >= 4 is 11.6 Å². The summed E-state index contributed by atoms with van der Waals surface area (Å²) in [5.41, 5.74) is 1.07. The van der Waals surface area contributed by atoms with E-state index < -0.39 is 40.9 Å². The molecule has 4 aliphatic heterocycles. The number of fused-ring (bicyclic) bond motifs is 3. The molecule has 0 radical (unpaired) electrons. The van der Waals surface area contributed by atoms with Gasteiger partial charge in [0.05, 0.1) is 24.9 Å². The molecule has 0 aliphatic carbocycles. The molecule has 9 nitrogen and oxygen atoms in total. The number of para-hydroxylation sites is 1. The van der Waals surface area contributed by atoms with Gasteiger partial charge in [-0.2, -0.15) is 0 Å². The van der Waals surface area contributed by atoms with Crippen molar-refractivity contribution in [3.8, 4) is 11.5 Å². The molecular formula is C30H30F2N4O5. The van der Waals surface area contributed by atoms with Crippen LogP contribution >= 0.6 is 0 Å². The van der Waals surface area contributed by atoms with Crippen LogP contribution in [0, 0.1) is 17.0 Å². The van der Waals surface area contributed by atoms with Gasteiger partial charge in [0.1, 0.15) is 24.6 Å². The Balaban J connectivity index is 1.56. The van der Waals surface area contributed by atoms with Crippen LogP contribution in [-0.2, 0) is 11.3 Å². The van der Waals surface area contributed by atoms with Gasteiger partial charge in [-0.1, -0.05) is 39.0 Å². The summed E-state index contributed by atoms with van der Waals surface area (Å²) in [6, 6.07) is 8.60. The monoisotopic (exact) mass is 564 g/mol. The molecule has 1 amide bonds. The normalized spacial score (nSPS) is 23.2. The van der Waals surface area contributed by atoms with E-state index in [0.717, 1.165) is 17.3 Å². The third kappa shape index (κ3) is 3.67. The van der Waals surface area contributed by atoms with Gasteiger partial charge in [-0.3, -0.25) is 19.3 Å². The first kappa shape index (κ1) is 25.8. The first-order chi connectivity index (χ1) is 19.6. The molecule has 5 heterocycles. The molecule has 3 atom stereocenters. The van der Waals surface area contributed by atoms with Crippen LogP contribution in [0.4, 0.5) is 14.5 Å². The summed E-state index contributed by atoms with van der Waals surface area (Å²) in [5, 5.41) is 12.7. The number of aromatic hydroxyl groups is 1. The van der Waals surface area contributed by atoms with Crippen molar-refractivity contribution in [2.45, 2.75) is 45.6 Å². The van der Waals surface area contributed by atoms with Crippen molar-refractivity contribution in [3.05, 3.63) is 86.8 Å². The average Bonchev–Trinajstić information content (AvgIpc) is 3.09. The summed E-state index contributed by atoms with van der Waals surface area (Å²) in [5.74, 6) is -2.44. The number of anilines is 1. The Morgan fingerprint density at radius 2 is 1.80 bits per heavy atom. The van der Waals surface area contributed by atoms with E-state index >= 15 is 4.39 Å². The van der Waals surface area contributed by atoms with E-state index in [1.807, 2.05) is 23.2 Å². The van der Waals surface area contributed by atoms with Crippen LogP contribution in [0.1, 0.15) is 54.0 Å². The number of nitrogens with zero attached hydrogens (tertiary/aromatic N) is 4. The third-order valence-corrected chi connectivity index (χ3v) is 8.68. The summed E-state index contributed by atoms with van der Waals surface area (Å²) >= 11 is 0. The Morgan fingerprint density at radius 1 is 1.00 bits per heavy atom. The van der Waals surface area contributed by atoms with Gasteiger partial charge in [0.25, 0.3) is 5.91 Å². The topological polar surface area (TPSA) is 87.5 Å². The van der Waals surface area contributed by atoms with E-state index in [4.69, 9.17) is 9.47 Å². The number of ether oxygens (including phenoxy) is 2. The van der Waals surface area contributed by atoms with E-state index in [-0.39, 0.29) is 49.0 Å². The second kappa shape index (κ2) is 8.94. The number of aromatic nitrogens is 1. The summed E-state index contributed by atoms with van der Waals surface area (Å²) in [6.07, 6.45) is 0.773. The molecule has 0 bridgehead atoms. The van der Waals surface area contributed by atoms with Crippen LogP contribution in [0.2, 0.25) is 0 Å². The zero-order valence-corrected chi connectivity index (χ0v) is 22.9. The fraction of sp³-hybridized carbons (Fsp3) is 0.400. The number of hydrogen-bond acceptors (Lipinski definition) is 7. The average molecular weight is 565 g/mol. The molecule has 41 heavy (non-hydrogen) atoms. The van der Waals surface area contributed by atoms with Crippen LogP contribution in [-0.4, -0.2) is 59.2 Å². The standard InChI is InChI=1S/C30H30F2N4O5/c1-30(2,3)22-14-41-21-6-4-5-17-25(16-7-8-19(31)24(32)18(16)13-34(22)26(17)21)36-23-15-40-12-11-33(23)29(39)27-28(38)20(37)9-10-35(27)36/h4-10,22-23,25,38H,11-15H2,1-3H3/t22-,23+,25-/m0/s1. The van der Waals surface area contributed by atoms with Gasteiger partial charge in [-0.05, 0) is 23.1 Å². The number of rotatable bonds is 1. The smallest absolute Gasteiger partial charge is 0.278 e. The summed E-state index contributed by atoms with van der Waals surface area (Å²) in [6.45, 7) is 7.38. The van der Waals surface area contributed by atoms with E-state index in [9.17, 15) is 19.1 Å². The molecule has 1 fully saturated rings. The highest BCUT2D eigenvalue weighted by atomic mass is 19.2. The van der Waals surface area contributed by atoms with Gasteiger partial charge in [-0.25, -0.2) is 8.78 Å². The second-order valence-corrected chi connectivity index (χ2v) is 12.0. The van der Waals surface area contributed by atoms with E-state index in [1.165, 1.54) is 16.9 Å². The zero-order valence-electron chi connectivity index (χ0n) is 22.9. The lowest BCUT2D eigenvalue weighted by molar-refractivity contribution is -0.0197. The third-order valence-electron chi connectivity index (χ3n) is 8.68. The predicted molar refractivity (Wildman–Crippen MR) is 146 cm³/mol. The quantitative estimate of drug-likeness (QED) is 0.484. The predicted octanol–water partition coefficient (Wildman–Crippen LogP) is 3.50. The first-order valence-corrected chi connectivity index (χ1v) is 13.7. The lowest BCUT2D eigenvalue weighted by Crippen LogP contribution is -2.66. The highest BCUT2D eigenvalue weighted by Crippen LogP contribution is 2.50. The number of pyridine rings is 1. The minimum atomic E-state index is -0.951. The van der Waals surface area contributed by atoms with Crippen LogP contribution in [0.15, 0.2) is 47.4 Å². The van der Waals surface area contributed by atoms with E-state index in [0.29, 0.717) is 17.9 Å². The van der Waals surface area contributed by atoms with Gasteiger partial charge < -0.3 is 24.4 Å². The Hall–Kier alpha value is -4.12. The number of carbonyl (C=O) groups excluding carboxylic acids is 1. The van der Waals surface area contributed by atoms with E-state index in [2.05, 4.69) is 25.7 Å². The molecular weight excluding hydrogens is 534 g/mol. The Labute approximate surface area is 235 Å². The molecule has 3 aromatic rings. The number of benzene rings is 2. The maximum Gasteiger partial charge on any atom is 0.278 e. The van der Waals surface area contributed by atoms with Crippen LogP contribution < -0.4 is 20.1 Å². The summed E-state index contributed by atoms with van der Waals surface area (Å²) in [4.78, 5) is 29.8. The first-order valence-electron chi connectivity index (χ1n) is 13.7. The number of amides is 1. The maximum atomic E-state index is 15.9. The van der Waals surface area contributed by atoms with Crippen LogP contribution in [0.3, 0.4) is 0 Å². The van der Waals surface area contributed by atoms with Crippen molar-refractivity contribution in [3.63, 3.8) is 0 Å². The van der Waals surface area contributed by atoms with Crippen molar-refractivity contribution in [2.24, 2.45) is 5.41 Å². The molecule has 0 unspecified atom stereocenters. The SMILES string of the molecule is CC(C)(C)[C@@H]1COc2cccc3c2N1Cc1c(ccc(F)c1F)[C@@H]3N1[C@@H]2COCCN2C(=O)c2c(O)c(=O)ccn21. The molecule has 4 aliphatic rings. The van der Waals surface area contributed by atoms with Gasteiger partial charge in [0.15, 0.2) is 23.1 Å². The molecule has 2 aromatic carbocycles. The van der Waals surface area contributed by atoms with Gasteiger partial charge in [-0.15, -0.1) is 0 Å². The minimum absolute atomic E-state index is 0.102. The Bertz CT molecular complexity index is 1650. The lowest BCUT2D eigenvalue weighted by atomic mass is 9.84. The molecule has 0 saturated carbocycles. The molecule has 1 N–H and O–H groups in total. The lowest BCUT2D eigenvalue weighted by Gasteiger charge is -2.51. The van der Waals surface area contributed by atoms with Crippen molar-refractivity contribution in [1.82, 2.24) is 9.58 Å². The van der Waals surface area contributed by atoms with Crippen molar-refractivity contribution in [1.29, 1.82) is 0 Å². The van der Waals surface area contributed by atoms with Crippen LogP contribution in [0.5, 0.6) is 11.5 Å². The highest BCUT2D eigenvalue weighted by Gasteiger charge is 2.48. The molecule has 214 valence electrons. The van der Waals surface area contributed by atoms with Gasteiger partial charge >= 0.3 is 0 Å². The number of carbonyl (C=O) groups is 1. The number of morpholine rings is 1. The maximum absolute atomic E-state index is 15.9. The highest BCUT2D eigenvalue weighted by molar-refractivity contribution is 5.96. The number of hydrogen-bond donors (Lipinski definition) is 1. The fourth-order valence-corrected chi connectivity index (χ4v) is 6.68. The van der Waals surface area contributed by atoms with Crippen molar-refractivity contribution in [2.75, 3.05) is 36.3 Å². The Morgan fingerprint density at radius 3 is 2.59 bits per heavy atom. The Kier molecular flexibility index (Phi) is 5.63. The minimum Gasteiger partial charge on any atom is -0.502 e. The zero-order chi connectivity index (χ0) is 28.8. The molecule has 1 saturated heterocycles.